The van der Waals surface area contributed by atoms with Crippen molar-refractivity contribution in [3.8, 4) is 0 Å². The molecular weight excluding hydrogens is 242 g/mol. The molecule has 1 heteroatoms. The Morgan fingerprint density at radius 2 is 1.40 bits per heavy atom. The second-order valence-corrected chi connectivity index (χ2v) is 6.99. The first-order valence-electron chi connectivity index (χ1n) is 8.22. The summed E-state index contributed by atoms with van der Waals surface area (Å²) < 4.78 is 0. The number of aryl methyl sites for hydroxylation is 1. The van der Waals surface area contributed by atoms with E-state index in [-0.39, 0.29) is 0 Å². The zero-order valence-electron chi connectivity index (χ0n) is 14.3. The first-order valence-corrected chi connectivity index (χ1v) is 8.22. The maximum Gasteiger partial charge on any atom is 0.0133 e. The van der Waals surface area contributed by atoms with E-state index in [1.54, 1.807) is 0 Å². The molecule has 114 valence electrons. The van der Waals surface area contributed by atoms with Crippen LogP contribution in [0, 0.1) is 18.8 Å². The highest BCUT2D eigenvalue weighted by Crippen LogP contribution is 2.16. The molecule has 0 saturated carbocycles. The largest absolute Gasteiger partial charge is 0.300 e. The molecule has 0 aliphatic heterocycles. The molecule has 0 aliphatic rings. The number of hydrogen-bond acceptors (Lipinski definition) is 1. The van der Waals surface area contributed by atoms with E-state index in [1.807, 2.05) is 0 Å². The van der Waals surface area contributed by atoms with Gasteiger partial charge in [0.15, 0.2) is 0 Å². The van der Waals surface area contributed by atoms with E-state index in [1.165, 1.54) is 37.1 Å². The summed E-state index contributed by atoms with van der Waals surface area (Å²) in [5, 5.41) is 0. The van der Waals surface area contributed by atoms with Gasteiger partial charge in [-0.3, -0.25) is 4.90 Å². The van der Waals surface area contributed by atoms with Gasteiger partial charge in [0.25, 0.3) is 0 Å². The van der Waals surface area contributed by atoms with Crippen molar-refractivity contribution in [1.82, 2.24) is 4.90 Å². The smallest absolute Gasteiger partial charge is 0.0133 e. The first kappa shape index (κ1) is 17.2. The molecule has 0 spiro atoms. The topological polar surface area (TPSA) is 3.24 Å². The van der Waals surface area contributed by atoms with E-state index in [0.717, 1.165) is 11.8 Å². The third-order valence-corrected chi connectivity index (χ3v) is 3.78. The van der Waals surface area contributed by atoms with E-state index in [0.29, 0.717) is 6.04 Å². The average Bonchev–Trinajstić information content (AvgIpc) is 2.36. The first-order chi connectivity index (χ1) is 9.42. The molecule has 0 radical (unpaired) electrons. The summed E-state index contributed by atoms with van der Waals surface area (Å²) in [6, 6.07) is 9.72. The number of benzene rings is 1. The molecule has 0 N–H and O–H groups in total. The maximum absolute atomic E-state index is 2.70. The van der Waals surface area contributed by atoms with Crippen molar-refractivity contribution in [3.63, 3.8) is 0 Å². The van der Waals surface area contributed by atoms with Crippen molar-refractivity contribution >= 4 is 0 Å². The Labute approximate surface area is 126 Å². The molecule has 0 aliphatic carbocycles. The van der Waals surface area contributed by atoms with Crippen molar-refractivity contribution in [2.24, 2.45) is 11.8 Å². The summed E-state index contributed by atoms with van der Waals surface area (Å²) in [6.45, 7) is 16.2. The molecule has 1 nitrogen and oxygen atoms in total. The predicted molar refractivity (Wildman–Crippen MR) is 90.2 cm³/mol. The van der Waals surface area contributed by atoms with Crippen LogP contribution in [0.3, 0.4) is 0 Å². The molecule has 0 heterocycles. The molecule has 1 atom stereocenters. The lowest BCUT2D eigenvalue weighted by molar-refractivity contribution is 0.151. The average molecular weight is 275 g/mol. The van der Waals surface area contributed by atoms with Gasteiger partial charge in [-0.2, -0.15) is 0 Å². The fourth-order valence-corrected chi connectivity index (χ4v) is 2.84. The van der Waals surface area contributed by atoms with Crippen molar-refractivity contribution < 1.29 is 0 Å². The van der Waals surface area contributed by atoms with Gasteiger partial charge < -0.3 is 0 Å². The molecule has 20 heavy (non-hydrogen) atoms. The summed E-state index contributed by atoms with van der Waals surface area (Å²) in [4.78, 5) is 2.70. The van der Waals surface area contributed by atoms with Gasteiger partial charge in [0.1, 0.15) is 0 Å². The molecule has 1 rings (SSSR count). The number of hydrogen-bond donors (Lipinski definition) is 0. The van der Waals surface area contributed by atoms with Gasteiger partial charge in [0.2, 0.25) is 0 Å². The molecule has 0 saturated heterocycles. The third-order valence-electron chi connectivity index (χ3n) is 3.78. The standard InChI is InChI=1S/C19H33N/c1-7-19(12-18-10-8-17(6)9-11-18)20(13-15(2)3)14-16(4)5/h8-11,15-16,19H,7,12-14H2,1-6H3. The molecule has 0 fully saturated rings. The summed E-state index contributed by atoms with van der Waals surface area (Å²) >= 11 is 0. The van der Waals surface area contributed by atoms with E-state index in [4.69, 9.17) is 0 Å². The minimum Gasteiger partial charge on any atom is -0.300 e. The summed E-state index contributed by atoms with van der Waals surface area (Å²) in [6.07, 6.45) is 2.41. The van der Waals surface area contributed by atoms with E-state index >= 15 is 0 Å². The minimum atomic E-state index is 0.669. The van der Waals surface area contributed by atoms with Crippen LogP contribution in [0.25, 0.3) is 0 Å². The number of nitrogens with zero attached hydrogens (tertiary/aromatic N) is 1. The van der Waals surface area contributed by atoms with Crippen LogP contribution >= 0.6 is 0 Å². The highest BCUT2D eigenvalue weighted by Gasteiger charge is 2.19. The Morgan fingerprint density at radius 1 is 0.900 bits per heavy atom. The monoisotopic (exact) mass is 275 g/mol. The Hall–Kier alpha value is -0.820. The maximum atomic E-state index is 2.70. The molecule has 0 bridgehead atoms. The highest BCUT2D eigenvalue weighted by atomic mass is 15.2. The quantitative estimate of drug-likeness (QED) is 0.650. The van der Waals surface area contributed by atoms with E-state index in [2.05, 4.69) is 70.7 Å². The second kappa shape index (κ2) is 8.46. The second-order valence-electron chi connectivity index (χ2n) is 6.99. The van der Waals surface area contributed by atoms with Crippen LogP contribution in [0.1, 0.15) is 52.2 Å². The van der Waals surface area contributed by atoms with Crippen molar-refractivity contribution in [3.05, 3.63) is 35.4 Å². The van der Waals surface area contributed by atoms with Crippen LogP contribution in [0.4, 0.5) is 0 Å². The van der Waals surface area contributed by atoms with Gasteiger partial charge in [-0.15, -0.1) is 0 Å². The Balaban J connectivity index is 2.75. The van der Waals surface area contributed by atoms with Crippen LogP contribution in [0.2, 0.25) is 0 Å². The summed E-state index contributed by atoms with van der Waals surface area (Å²) in [5.41, 5.74) is 2.82. The van der Waals surface area contributed by atoms with Crippen LogP contribution in [0.5, 0.6) is 0 Å². The summed E-state index contributed by atoms with van der Waals surface area (Å²) in [7, 11) is 0. The van der Waals surface area contributed by atoms with E-state index in [9.17, 15) is 0 Å². The highest BCUT2D eigenvalue weighted by molar-refractivity contribution is 5.22. The van der Waals surface area contributed by atoms with Gasteiger partial charge in [0, 0.05) is 19.1 Å². The van der Waals surface area contributed by atoms with Crippen LogP contribution in [-0.4, -0.2) is 24.0 Å². The molecule has 0 amide bonds. The van der Waals surface area contributed by atoms with Crippen LogP contribution < -0.4 is 0 Å². The zero-order valence-corrected chi connectivity index (χ0v) is 14.3. The lowest BCUT2D eigenvalue weighted by Crippen LogP contribution is -2.41. The Bertz CT molecular complexity index is 354. The minimum absolute atomic E-state index is 0.669. The molecule has 1 aromatic carbocycles. The van der Waals surface area contributed by atoms with Crippen molar-refractivity contribution in [2.45, 2.75) is 60.4 Å². The molecule has 1 aromatic rings. The van der Waals surface area contributed by atoms with Crippen molar-refractivity contribution in [1.29, 1.82) is 0 Å². The van der Waals surface area contributed by atoms with Gasteiger partial charge in [-0.05, 0) is 37.2 Å². The van der Waals surface area contributed by atoms with Crippen LogP contribution in [0.15, 0.2) is 24.3 Å². The van der Waals surface area contributed by atoms with Gasteiger partial charge >= 0.3 is 0 Å². The summed E-state index contributed by atoms with van der Waals surface area (Å²) in [5.74, 6) is 1.47. The normalized spacial score (nSPS) is 13.4. The Morgan fingerprint density at radius 3 is 1.80 bits per heavy atom. The molecule has 0 aromatic heterocycles. The third kappa shape index (κ3) is 6.09. The molecular formula is C19H33N. The molecule has 1 unspecified atom stereocenters. The lowest BCUT2D eigenvalue weighted by atomic mass is 9.99. The Kier molecular flexibility index (Phi) is 7.29. The zero-order chi connectivity index (χ0) is 15.1. The van der Waals surface area contributed by atoms with Gasteiger partial charge in [0.05, 0.1) is 0 Å². The van der Waals surface area contributed by atoms with Gasteiger partial charge in [-0.25, -0.2) is 0 Å². The van der Waals surface area contributed by atoms with E-state index < -0.39 is 0 Å². The predicted octanol–water partition coefficient (Wildman–Crippen LogP) is 4.93. The SMILES string of the molecule is CCC(Cc1ccc(C)cc1)N(CC(C)C)CC(C)C. The fourth-order valence-electron chi connectivity index (χ4n) is 2.84. The lowest BCUT2D eigenvalue weighted by Gasteiger charge is -2.34. The van der Waals surface area contributed by atoms with Gasteiger partial charge in [-0.1, -0.05) is 64.4 Å². The number of rotatable bonds is 8. The van der Waals surface area contributed by atoms with Crippen molar-refractivity contribution in [2.75, 3.05) is 13.1 Å². The fraction of sp³-hybridized carbons (Fsp3) is 0.684. The van der Waals surface area contributed by atoms with Crippen LogP contribution in [-0.2, 0) is 6.42 Å².